The Labute approximate surface area is 183 Å². The average molecular weight is 408 g/mol. The van der Waals surface area contributed by atoms with E-state index in [9.17, 15) is 4.79 Å². The molecule has 1 amide bonds. The van der Waals surface area contributed by atoms with E-state index in [0.29, 0.717) is 11.5 Å². The van der Waals surface area contributed by atoms with E-state index in [4.69, 9.17) is 0 Å². The van der Waals surface area contributed by atoms with Crippen LogP contribution < -0.4 is 5.32 Å². The van der Waals surface area contributed by atoms with Gasteiger partial charge in [-0.15, -0.1) is 0 Å². The largest absolute Gasteiger partial charge is 0.352 e. The summed E-state index contributed by atoms with van der Waals surface area (Å²) in [6.45, 7) is 11.9. The summed E-state index contributed by atoms with van der Waals surface area (Å²) < 4.78 is 0. The molecular formula is C28H41NO. The SMILES string of the molecule is CC(C)(C)c1cccc(C2C[C@@]3(C)[C@@H](CC[C@H]4[C@@H]5CCC[C@@]5(C)CC[C@@H]43)NC2=O)c1. The van der Waals surface area contributed by atoms with Crippen molar-refractivity contribution in [2.75, 3.05) is 0 Å². The molecule has 7 atom stereocenters. The molecule has 164 valence electrons. The Morgan fingerprint density at radius 1 is 1.00 bits per heavy atom. The second-order valence-corrected chi connectivity index (χ2v) is 12.7. The number of hydrogen-bond donors (Lipinski definition) is 1. The molecule has 1 unspecified atom stereocenters. The molecule has 1 N–H and O–H groups in total. The number of nitrogens with one attached hydrogen (secondary N) is 1. The summed E-state index contributed by atoms with van der Waals surface area (Å²) in [6.07, 6.45) is 10.6. The Hall–Kier alpha value is -1.31. The van der Waals surface area contributed by atoms with E-state index in [1.807, 2.05) is 0 Å². The Kier molecular flexibility index (Phi) is 4.70. The first-order chi connectivity index (χ1) is 14.1. The van der Waals surface area contributed by atoms with Crippen molar-refractivity contribution in [3.05, 3.63) is 35.4 Å². The highest BCUT2D eigenvalue weighted by molar-refractivity contribution is 5.85. The summed E-state index contributed by atoms with van der Waals surface area (Å²) >= 11 is 0. The lowest BCUT2D eigenvalue weighted by Gasteiger charge is -2.60. The highest BCUT2D eigenvalue weighted by Crippen LogP contribution is 2.64. The molecule has 30 heavy (non-hydrogen) atoms. The molecule has 1 aromatic carbocycles. The zero-order chi connectivity index (χ0) is 21.3. The van der Waals surface area contributed by atoms with E-state index in [1.54, 1.807) is 0 Å². The van der Waals surface area contributed by atoms with Crippen LogP contribution in [0.4, 0.5) is 0 Å². The maximum atomic E-state index is 13.2. The van der Waals surface area contributed by atoms with Gasteiger partial charge in [0.15, 0.2) is 0 Å². The molecule has 4 aliphatic rings. The summed E-state index contributed by atoms with van der Waals surface area (Å²) in [4.78, 5) is 13.2. The van der Waals surface area contributed by atoms with Gasteiger partial charge in [0.25, 0.3) is 0 Å². The Morgan fingerprint density at radius 2 is 1.80 bits per heavy atom. The van der Waals surface area contributed by atoms with Gasteiger partial charge in [-0.1, -0.05) is 65.3 Å². The van der Waals surface area contributed by atoms with Crippen LogP contribution in [0.1, 0.15) is 103 Å². The van der Waals surface area contributed by atoms with Gasteiger partial charge in [-0.2, -0.15) is 0 Å². The van der Waals surface area contributed by atoms with Crippen LogP contribution in [0.3, 0.4) is 0 Å². The predicted molar refractivity (Wildman–Crippen MR) is 123 cm³/mol. The van der Waals surface area contributed by atoms with Crippen molar-refractivity contribution < 1.29 is 4.79 Å². The lowest BCUT2D eigenvalue weighted by atomic mass is 9.47. The molecule has 2 heteroatoms. The standard InChI is InChI=1S/C28H41NO/c1-26(2,3)19-9-6-8-18(16-19)21-17-28(5)23-13-15-27(4)14-7-10-22(27)20(23)11-12-24(28)29-25(21)30/h6,8-9,16,20-24H,7,10-15,17H2,1-5H3,(H,29,30)/t20-,21?,22-,23-,24+,27-,28+/m0/s1. The molecule has 5 rings (SSSR count). The van der Waals surface area contributed by atoms with Crippen LogP contribution in [0.2, 0.25) is 0 Å². The number of fused-ring (bicyclic) bond motifs is 5. The van der Waals surface area contributed by atoms with Crippen LogP contribution in [0, 0.1) is 28.6 Å². The van der Waals surface area contributed by atoms with Gasteiger partial charge in [0, 0.05) is 6.04 Å². The minimum atomic E-state index is 0.00388. The van der Waals surface area contributed by atoms with Crippen LogP contribution in [0.15, 0.2) is 24.3 Å². The van der Waals surface area contributed by atoms with Crippen LogP contribution in [0.25, 0.3) is 0 Å². The van der Waals surface area contributed by atoms with E-state index in [-0.39, 0.29) is 22.7 Å². The first-order valence-electron chi connectivity index (χ1n) is 12.5. The third-order valence-corrected chi connectivity index (χ3v) is 10.1. The van der Waals surface area contributed by atoms with Crippen molar-refractivity contribution in [1.29, 1.82) is 0 Å². The number of carbonyl (C=O) groups is 1. The molecule has 0 spiro atoms. The van der Waals surface area contributed by atoms with Crippen molar-refractivity contribution in [2.45, 2.75) is 103 Å². The lowest BCUT2D eigenvalue weighted by Crippen LogP contribution is -2.62. The second kappa shape index (κ2) is 6.84. The maximum absolute atomic E-state index is 13.2. The highest BCUT2D eigenvalue weighted by atomic mass is 16.2. The van der Waals surface area contributed by atoms with Crippen LogP contribution in [-0.2, 0) is 10.2 Å². The van der Waals surface area contributed by atoms with Gasteiger partial charge < -0.3 is 5.32 Å². The number of hydrogen-bond acceptors (Lipinski definition) is 1. The molecule has 1 aromatic rings. The fourth-order valence-corrected chi connectivity index (χ4v) is 8.28. The number of piperidine rings is 1. The number of benzene rings is 1. The second-order valence-electron chi connectivity index (χ2n) is 12.7. The topological polar surface area (TPSA) is 29.1 Å². The first-order valence-corrected chi connectivity index (χ1v) is 12.5. The summed E-state index contributed by atoms with van der Waals surface area (Å²) in [6, 6.07) is 9.25. The van der Waals surface area contributed by atoms with Crippen molar-refractivity contribution in [2.24, 2.45) is 28.6 Å². The fraction of sp³-hybridized carbons (Fsp3) is 0.750. The van der Waals surface area contributed by atoms with Gasteiger partial charge in [0.2, 0.25) is 5.91 Å². The molecule has 3 saturated carbocycles. The van der Waals surface area contributed by atoms with Crippen LogP contribution in [0.5, 0.6) is 0 Å². The highest BCUT2D eigenvalue weighted by Gasteiger charge is 2.59. The number of amides is 1. The number of rotatable bonds is 1. The lowest BCUT2D eigenvalue weighted by molar-refractivity contribution is -0.138. The zero-order valence-corrected chi connectivity index (χ0v) is 19.8. The Morgan fingerprint density at radius 3 is 2.57 bits per heavy atom. The van der Waals surface area contributed by atoms with Crippen molar-refractivity contribution in [3.63, 3.8) is 0 Å². The molecular weight excluding hydrogens is 366 g/mol. The van der Waals surface area contributed by atoms with E-state index >= 15 is 0 Å². The van der Waals surface area contributed by atoms with Gasteiger partial charge >= 0.3 is 0 Å². The summed E-state index contributed by atoms with van der Waals surface area (Å²) in [7, 11) is 0. The van der Waals surface area contributed by atoms with Crippen molar-refractivity contribution >= 4 is 5.91 Å². The minimum absolute atomic E-state index is 0.00388. The maximum Gasteiger partial charge on any atom is 0.227 e. The smallest absolute Gasteiger partial charge is 0.227 e. The third-order valence-electron chi connectivity index (χ3n) is 10.1. The van der Waals surface area contributed by atoms with E-state index in [2.05, 4.69) is 64.2 Å². The molecule has 0 bridgehead atoms. The summed E-state index contributed by atoms with van der Waals surface area (Å²) in [5.41, 5.74) is 3.51. The normalized spacial score (nSPS) is 43.4. The fourth-order valence-electron chi connectivity index (χ4n) is 8.28. The van der Waals surface area contributed by atoms with Gasteiger partial charge in [-0.3, -0.25) is 4.79 Å². The van der Waals surface area contributed by atoms with E-state index in [0.717, 1.165) is 24.2 Å². The molecule has 0 aromatic heterocycles. The molecule has 1 aliphatic heterocycles. The van der Waals surface area contributed by atoms with Crippen molar-refractivity contribution in [3.8, 4) is 0 Å². The van der Waals surface area contributed by atoms with Crippen molar-refractivity contribution in [1.82, 2.24) is 5.32 Å². The van der Waals surface area contributed by atoms with Gasteiger partial charge in [-0.05, 0) is 90.1 Å². The minimum Gasteiger partial charge on any atom is -0.352 e. The van der Waals surface area contributed by atoms with E-state index in [1.165, 1.54) is 56.1 Å². The number of carbonyl (C=O) groups excluding carboxylic acids is 1. The molecule has 1 saturated heterocycles. The summed E-state index contributed by atoms with van der Waals surface area (Å²) in [5, 5.41) is 3.53. The molecule has 2 nitrogen and oxygen atoms in total. The molecule has 0 radical (unpaired) electrons. The van der Waals surface area contributed by atoms with Gasteiger partial charge in [0.05, 0.1) is 5.92 Å². The molecule has 1 heterocycles. The average Bonchev–Trinajstić information content (AvgIpc) is 3.09. The monoisotopic (exact) mass is 407 g/mol. The van der Waals surface area contributed by atoms with Crippen LogP contribution >= 0.6 is 0 Å². The summed E-state index contributed by atoms with van der Waals surface area (Å²) in [5.74, 6) is 2.85. The third kappa shape index (κ3) is 3.07. The van der Waals surface area contributed by atoms with Gasteiger partial charge in [-0.25, -0.2) is 0 Å². The van der Waals surface area contributed by atoms with Crippen LogP contribution in [-0.4, -0.2) is 11.9 Å². The predicted octanol–water partition coefficient (Wildman–Crippen LogP) is 6.59. The molecule has 3 aliphatic carbocycles. The Balaban J connectivity index is 1.46. The molecule has 4 fully saturated rings. The van der Waals surface area contributed by atoms with Gasteiger partial charge in [0.1, 0.15) is 0 Å². The quantitative estimate of drug-likeness (QED) is 0.559. The van der Waals surface area contributed by atoms with E-state index < -0.39 is 0 Å². The zero-order valence-electron chi connectivity index (χ0n) is 19.8. The first kappa shape index (κ1) is 20.6. The Bertz CT molecular complexity index is 837.